The third kappa shape index (κ3) is 3.47. The first-order valence-corrected chi connectivity index (χ1v) is 9.77. The van der Waals surface area contributed by atoms with Crippen molar-refractivity contribution in [3.05, 3.63) is 58.7 Å². The van der Waals surface area contributed by atoms with Crippen LogP contribution in [0.2, 0.25) is 0 Å². The number of ether oxygens (including phenoxy) is 2. The van der Waals surface area contributed by atoms with Crippen LogP contribution in [0.15, 0.2) is 36.4 Å². The molecule has 2 atom stereocenters. The summed E-state index contributed by atoms with van der Waals surface area (Å²) in [5.74, 6) is -0.117. The summed E-state index contributed by atoms with van der Waals surface area (Å²) in [6, 6.07) is 11.6. The Morgan fingerprint density at radius 3 is 2.36 bits per heavy atom. The summed E-state index contributed by atoms with van der Waals surface area (Å²) in [5, 5.41) is 9.76. The van der Waals surface area contributed by atoms with Gasteiger partial charge >= 0.3 is 5.97 Å². The largest absolute Gasteiger partial charge is 0.478 e. The lowest BCUT2D eigenvalue weighted by atomic mass is 9.62. The smallest absolute Gasteiger partial charge is 0.335 e. The third-order valence-electron chi connectivity index (χ3n) is 6.20. The van der Waals surface area contributed by atoms with Crippen LogP contribution in [0.1, 0.15) is 73.4 Å². The second kappa shape index (κ2) is 7.69. The molecule has 0 amide bonds. The van der Waals surface area contributed by atoms with Gasteiger partial charge in [-0.25, -0.2) is 4.79 Å². The number of carboxylic acid groups (broad SMARTS) is 1. The van der Waals surface area contributed by atoms with Gasteiger partial charge in [0.2, 0.25) is 0 Å². The van der Waals surface area contributed by atoms with Crippen LogP contribution in [0.25, 0.3) is 11.1 Å². The van der Waals surface area contributed by atoms with Gasteiger partial charge in [-0.05, 0) is 58.1 Å². The Hall–Kier alpha value is -2.17. The maximum atomic E-state index is 11.9. The van der Waals surface area contributed by atoms with Gasteiger partial charge in [-0.1, -0.05) is 52.0 Å². The monoisotopic (exact) mass is 382 g/mol. The lowest BCUT2D eigenvalue weighted by molar-refractivity contribution is -0.105. The van der Waals surface area contributed by atoms with Gasteiger partial charge in [0.25, 0.3) is 0 Å². The van der Waals surface area contributed by atoms with Crippen molar-refractivity contribution in [3.8, 4) is 11.1 Å². The fourth-order valence-electron chi connectivity index (χ4n) is 4.80. The zero-order chi connectivity index (χ0) is 20.6. The van der Waals surface area contributed by atoms with Crippen molar-refractivity contribution >= 4 is 5.97 Å². The number of rotatable bonds is 5. The first-order chi connectivity index (χ1) is 13.2. The highest BCUT2D eigenvalue weighted by atomic mass is 16.7. The van der Waals surface area contributed by atoms with Gasteiger partial charge in [-0.2, -0.15) is 0 Å². The van der Waals surface area contributed by atoms with Gasteiger partial charge in [0.1, 0.15) is 0 Å². The van der Waals surface area contributed by atoms with Gasteiger partial charge in [0, 0.05) is 19.8 Å². The van der Waals surface area contributed by atoms with Crippen LogP contribution in [-0.2, 0) is 14.9 Å². The first-order valence-electron chi connectivity index (χ1n) is 9.77. The number of hydrogen-bond donors (Lipinski definition) is 1. The molecule has 2 aromatic rings. The van der Waals surface area contributed by atoms with Gasteiger partial charge < -0.3 is 14.6 Å². The molecular weight excluding hydrogens is 352 g/mol. The lowest BCUT2D eigenvalue weighted by Gasteiger charge is -2.42. The molecule has 1 N–H and O–H groups in total. The molecule has 2 unspecified atom stereocenters. The minimum Gasteiger partial charge on any atom is -0.478 e. The third-order valence-corrected chi connectivity index (χ3v) is 6.20. The second-order valence-corrected chi connectivity index (χ2v) is 8.54. The molecule has 0 radical (unpaired) electrons. The molecule has 4 nitrogen and oxygen atoms in total. The summed E-state index contributed by atoms with van der Waals surface area (Å²) >= 11 is 0. The number of benzene rings is 2. The van der Waals surface area contributed by atoms with Crippen molar-refractivity contribution in [2.75, 3.05) is 14.2 Å². The molecule has 150 valence electrons. The van der Waals surface area contributed by atoms with Crippen LogP contribution in [0.4, 0.5) is 0 Å². The van der Waals surface area contributed by atoms with E-state index in [2.05, 4.69) is 27.7 Å². The molecule has 0 fully saturated rings. The Morgan fingerprint density at radius 1 is 1.11 bits per heavy atom. The minimum absolute atomic E-state index is 0.0591. The maximum Gasteiger partial charge on any atom is 0.335 e. The van der Waals surface area contributed by atoms with E-state index in [1.807, 2.05) is 36.4 Å². The maximum absolute atomic E-state index is 11.9. The Kier molecular flexibility index (Phi) is 5.64. The van der Waals surface area contributed by atoms with E-state index >= 15 is 0 Å². The van der Waals surface area contributed by atoms with Crippen LogP contribution in [-0.4, -0.2) is 25.3 Å². The fourth-order valence-corrected chi connectivity index (χ4v) is 4.80. The highest BCUT2D eigenvalue weighted by Gasteiger charge is 2.38. The number of fused-ring (bicyclic) bond motifs is 1. The summed E-state index contributed by atoms with van der Waals surface area (Å²) in [5.41, 5.74) is 5.47. The fraction of sp³-hybridized carbons (Fsp3) is 0.458. The molecule has 2 aromatic carbocycles. The molecule has 28 heavy (non-hydrogen) atoms. The van der Waals surface area contributed by atoms with Crippen molar-refractivity contribution in [1.82, 2.24) is 0 Å². The Bertz CT molecular complexity index is 880. The quantitative estimate of drug-likeness (QED) is 0.668. The van der Waals surface area contributed by atoms with Crippen molar-refractivity contribution in [2.45, 2.75) is 51.7 Å². The summed E-state index contributed by atoms with van der Waals surface area (Å²) in [4.78, 5) is 11.9. The summed E-state index contributed by atoms with van der Waals surface area (Å²) in [7, 11) is 3.23. The van der Waals surface area contributed by atoms with Gasteiger partial charge in [-0.15, -0.1) is 0 Å². The van der Waals surface area contributed by atoms with Gasteiger partial charge in [-0.3, -0.25) is 0 Å². The van der Waals surface area contributed by atoms with Crippen LogP contribution in [0.5, 0.6) is 0 Å². The van der Waals surface area contributed by atoms with Crippen molar-refractivity contribution in [1.29, 1.82) is 0 Å². The van der Waals surface area contributed by atoms with Gasteiger partial charge in [0.05, 0.1) is 5.56 Å². The van der Waals surface area contributed by atoms with E-state index in [9.17, 15) is 9.90 Å². The number of aromatic carboxylic acids is 1. The van der Waals surface area contributed by atoms with Crippen LogP contribution < -0.4 is 0 Å². The SMILES string of the molecule is COC(OC)c1ccccc1-c1cc(C(=O)O)cc2c1C(C)(C)CC(C)C2C. The molecule has 0 saturated heterocycles. The van der Waals surface area contributed by atoms with E-state index in [0.717, 1.165) is 28.7 Å². The topological polar surface area (TPSA) is 55.8 Å². The molecule has 0 spiro atoms. The Morgan fingerprint density at radius 2 is 1.75 bits per heavy atom. The number of carbonyl (C=O) groups is 1. The predicted octanol–water partition coefficient (Wildman–Crippen LogP) is 5.76. The van der Waals surface area contributed by atoms with Crippen LogP contribution in [0.3, 0.4) is 0 Å². The lowest BCUT2D eigenvalue weighted by Crippen LogP contribution is -2.32. The molecule has 1 aliphatic carbocycles. The van der Waals surface area contributed by atoms with E-state index in [1.165, 1.54) is 5.56 Å². The highest BCUT2D eigenvalue weighted by molar-refractivity contribution is 5.91. The number of methoxy groups -OCH3 is 2. The van der Waals surface area contributed by atoms with E-state index in [0.29, 0.717) is 17.4 Å². The average Bonchev–Trinajstić information content (AvgIpc) is 2.66. The van der Waals surface area contributed by atoms with E-state index in [1.54, 1.807) is 14.2 Å². The summed E-state index contributed by atoms with van der Waals surface area (Å²) in [6.07, 6.45) is 0.546. The molecule has 0 saturated carbocycles. The molecule has 0 bridgehead atoms. The molecule has 3 rings (SSSR count). The van der Waals surface area contributed by atoms with Crippen molar-refractivity contribution in [3.63, 3.8) is 0 Å². The second-order valence-electron chi connectivity index (χ2n) is 8.54. The van der Waals surface area contributed by atoms with E-state index < -0.39 is 12.3 Å². The van der Waals surface area contributed by atoms with E-state index in [-0.39, 0.29) is 5.41 Å². The molecule has 0 aromatic heterocycles. The Labute approximate surface area is 167 Å². The summed E-state index contributed by atoms with van der Waals surface area (Å²) in [6.45, 7) is 8.96. The predicted molar refractivity (Wildman–Crippen MR) is 111 cm³/mol. The number of hydrogen-bond acceptors (Lipinski definition) is 3. The normalized spacial score (nSPS) is 20.8. The highest BCUT2D eigenvalue weighted by Crippen LogP contribution is 2.50. The first kappa shape index (κ1) is 20.6. The van der Waals surface area contributed by atoms with Gasteiger partial charge in [0.15, 0.2) is 6.29 Å². The summed E-state index contributed by atoms with van der Waals surface area (Å²) < 4.78 is 11.0. The molecular formula is C24H30O4. The Balaban J connectivity index is 2.37. The van der Waals surface area contributed by atoms with Crippen LogP contribution in [0, 0.1) is 5.92 Å². The van der Waals surface area contributed by atoms with Crippen molar-refractivity contribution in [2.24, 2.45) is 5.92 Å². The number of carboxylic acids is 1. The van der Waals surface area contributed by atoms with E-state index in [4.69, 9.17) is 9.47 Å². The minimum atomic E-state index is -0.903. The molecule has 1 aliphatic rings. The molecule has 4 heteroatoms. The van der Waals surface area contributed by atoms with Crippen LogP contribution >= 0.6 is 0 Å². The zero-order valence-corrected chi connectivity index (χ0v) is 17.6. The molecule has 0 aliphatic heterocycles. The standard InChI is InChI=1S/C24H30O4/c1-14-13-24(3,4)21-19(15(14)2)11-16(22(25)26)12-20(21)17-9-7-8-10-18(17)23(27-5)28-6/h7-12,14-15,23H,13H2,1-6H3,(H,25,26). The molecule has 0 heterocycles. The zero-order valence-electron chi connectivity index (χ0n) is 17.6. The average molecular weight is 383 g/mol. The van der Waals surface area contributed by atoms with Crippen molar-refractivity contribution < 1.29 is 19.4 Å².